The minimum atomic E-state index is 0.210. The largest absolute Gasteiger partial charge is 0.384 e. The van der Waals surface area contributed by atoms with E-state index >= 15 is 0 Å². The van der Waals surface area contributed by atoms with Gasteiger partial charge in [0.15, 0.2) is 0 Å². The Balaban J connectivity index is 2.26. The van der Waals surface area contributed by atoms with Gasteiger partial charge in [-0.2, -0.15) is 0 Å². The normalized spacial score (nSPS) is 23.9. The molecule has 1 N–H and O–H groups in total. The third-order valence-corrected chi connectivity index (χ3v) is 3.84. The van der Waals surface area contributed by atoms with Gasteiger partial charge in [-0.25, -0.2) is 0 Å². The van der Waals surface area contributed by atoms with E-state index in [4.69, 9.17) is 4.74 Å². The van der Waals surface area contributed by atoms with Crippen molar-refractivity contribution in [2.45, 2.75) is 57.5 Å². The molecule has 1 saturated carbocycles. The van der Waals surface area contributed by atoms with Gasteiger partial charge < -0.3 is 15.0 Å². The van der Waals surface area contributed by atoms with Crippen molar-refractivity contribution in [2.75, 3.05) is 27.3 Å². The van der Waals surface area contributed by atoms with Gasteiger partial charge in [0.1, 0.15) is 0 Å². The minimum absolute atomic E-state index is 0.210. The van der Waals surface area contributed by atoms with Crippen molar-refractivity contribution < 1.29 is 9.53 Å². The lowest BCUT2D eigenvalue weighted by molar-refractivity contribution is -0.133. The Labute approximate surface area is 111 Å². The van der Waals surface area contributed by atoms with E-state index < -0.39 is 0 Å². The molecule has 18 heavy (non-hydrogen) atoms. The molecule has 1 aliphatic carbocycles. The van der Waals surface area contributed by atoms with E-state index in [9.17, 15) is 4.79 Å². The Morgan fingerprint density at radius 2 is 2.00 bits per heavy atom. The van der Waals surface area contributed by atoms with Gasteiger partial charge in [0, 0.05) is 26.2 Å². The van der Waals surface area contributed by atoms with E-state index in [-0.39, 0.29) is 5.91 Å². The molecule has 4 nitrogen and oxygen atoms in total. The molecule has 0 atom stereocenters. The highest BCUT2D eigenvalue weighted by Gasteiger charge is 2.25. The van der Waals surface area contributed by atoms with Crippen LogP contribution in [0.15, 0.2) is 0 Å². The summed E-state index contributed by atoms with van der Waals surface area (Å²) in [5, 5.41) is 3.57. The third kappa shape index (κ3) is 4.94. The monoisotopic (exact) mass is 256 g/mol. The van der Waals surface area contributed by atoms with E-state index in [2.05, 4.69) is 12.2 Å². The van der Waals surface area contributed by atoms with E-state index in [1.54, 1.807) is 7.11 Å². The smallest absolute Gasteiger partial charge is 0.224 e. The second-order valence-electron chi connectivity index (χ2n) is 5.21. The zero-order valence-corrected chi connectivity index (χ0v) is 12.1. The molecule has 0 saturated heterocycles. The number of hydrogen-bond donors (Lipinski definition) is 1. The van der Waals surface area contributed by atoms with Gasteiger partial charge in [0.25, 0.3) is 0 Å². The lowest BCUT2D eigenvalue weighted by atomic mass is 9.90. The van der Waals surface area contributed by atoms with Crippen molar-refractivity contribution in [1.82, 2.24) is 10.2 Å². The fourth-order valence-electron chi connectivity index (χ4n) is 2.59. The first-order valence-corrected chi connectivity index (χ1v) is 7.17. The molecule has 1 aliphatic rings. The predicted octanol–water partition coefficient (Wildman–Crippen LogP) is 1.79. The van der Waals surface area contributed by atoms with Gasteiger partial charge in [-0.15, -0.1) is 0 Å². The van der Waals surface area contributed by atoms with Crippen molar-refractivity contribution in [3.05, 3.63) is 0 Å². The molecule has 0 heterocycles. The van der Waals surface area contributed by atoms with E-state index in [1.807, 2.05) is 11.9 Å². The summed E-state index contributed by atoms with van der Waals surface area (Å²) >= 11 is 0. The average Bonchev–Trinajstić information content (AvgIpc) is 2.42. The van der Waals surface area contributed by atoms with Crippen LogP contribution in [-0.4, -0.2) is 50.2 Å². The number of amides is 1. The van der Waals surface area contributed by atoms with Crippen LogP contribution in [-0.2, 0) is 9.53 Å². The summed E-state index contributed by atoms with van der Waals surface area (Å²) in [7, 11) is 3.57. The Hall–Kier alpha value is -0.610. The Morgan fingerprint density at radius 3 is 2.56 bits per heavy atom. The van der Waals surface area contributed by atoms with Crippen LogP contribution < -0.4 is 5.32 Å². The van der Waals surface area contributed by atoms with Gasteiger partial charge >= 0.3 is 0 Å². The second-order valence-corrected chi connectivity index (χ2v) is 5.21. The number of hydrogen-bond acceptors (Lipinski definition) is 3. The molecule has 0 aliphatic heterocycles. The molecule has 0 spiro atoms. The fourth-order valence-corrected chi connectivity index (χ4v) is 2.59. The SMILES string of the molecule is CCCNC1CCC(N(C)C(=O)CCOC)CC1. The first-order valence-electron chi connectivity index (χ1n) is 7.17. The molecule has 1 amide bonds. The summed E-state index contributed by atoms with van der Waals surface area (Å²) in [5.74, 6) is 0.210. The molecule has 0 aromatic heterocycles. The summed E-state index contributed by atoms with van der Waals surface area (Å²) in [4.78, 5) is 13.8. The highest BCUT2D eigenvalue weighted by Crippen LogP contribution is 2.22. The third-order valence-electron chi connectivity index (χ3n) is 3.84. The number of carbonyl (C=O) groups is 1. The molecular formula is C14H28N2O2. The number of nitrogens with one attached hydrogen (secondary N) is 1. The Kier molecular flexibility index (Phi) is 7.28. The van der Waals surface area contributed by atoms with Crippen molar-refractivity contribution in [3.8, 4) is 0 Å². The minimum Gasteiger partial charge on any atom is -0.384 e. The molecule has 0 bridgehead atoms. The number of nitrogens with zero attached hydrogens (tertiary/aromatic N) is 1. The molecule has 0 radical (unpaired) electrons. The first-order chi connectivity index (χ1) is 8.69. The zero-order valence-electron chi connectivity index (χ0n) is 12.1. The maximum Gasteiger partial charge on any atom is 0.224 e. The Morgan fingerprint density at radius 1 is 1.33 bits per heavy atom. The van der Waals surface area contributed by atoms with Gasteiger partial charge in [0.2, 0.25) is 5.91 Å². The quantitative estimate of drug-likeness (QED) is 0.755. The van der Waals surface area contributed by atoms with Crippen LogP contribution in [0.5, 0.6) is 0 Å². The predicted molar refractivity (Wildman–Crippen MR) is 73.6 cm³/mol. The average molecular weight is 256 g/mol. The number of carbonyl (C=O) groups excluding carboxylic acids is 1. The van der Waals surface area contributed by atoms with Crippen LogP contribution in [0.4, 0.5) is 0 Å². The summed E-state index contributed by atoms with van der Waals surface area (Å²) in [6, 6.07) is 1.08. The summed E-state index contributed by atoms with van der Waals surface area (Å²) in [5.41, 5.74) is 0. The van der Waals surface area contributed by atoms with Gasteiger partial charge in [0.05, 0.1) is 13.0 Å². The van der Waals surface area contributed by atoms with Gasteiger partial charge in [-0.05, 0) is 38.6 Å². The van der Waals surface area contributed by atoms with Crippen molar-refractivity contribution in [2.24, 2.45) is 0 Å². The molecule has 0 aromatic rings. The van der Waals surface area contributed by atoms with E-state index in [0.29, 0.717) is 25.1 Å². The van der Waals surface area contributed by atoms with Crippen LogP contribution in [0.2, 0.25) is 0 Å². The van der Waals surface area contributed by atoms with E-state index in [0.717, 1.165) is 19.4 Å². The fraction of sp³-hybridized carbons (Fsp3) is 0.929. The Bertz CT molecular complexity index is 238. The lowest BCUT2D eigenvalue weighted by Gasteiger charge is -2.35. The molecule has 0 aromatic carbocycles. The van der Waals surface area contributed by atoms with Crippen LogP contribution in [0.25, 0.3) is 0 Å². The van der Waals surface area contributed by atoms with Crippen molar-refractivity contribution in [3.63, 3.8) is 0 Å². The standard InChI is InChI=1S/C14H28N2O2/c1-4-10-15-12-5-7-13(8-6-12)16(2)14(17)9-11-18-3/h12-13,15H,4-11H2,1-3H3. The molecule has 0 unspecified atom stereocenters. The summed E-state index contributed by atoms with van der Waals surface area (Å²) < 4.78 is 4.95. The van der Waals surface area contributed by atoms with Gasteiger partial charge in [-0.3, -0.25) is 4.79 Å². The zero-order chi connectivity index (χ0) is 13.4. The van der Waals surface area contributed by atoms with Crippen LogP contribution in [0.1, 0.15) is 45.4 Å². The highest BCUT2D eigenvalue weighted by atomic mass is 16.5. The van der Waals surface area contributed by atoms with Crippen LogP contribution in [0.3, 0.4) is 0 Å². The van der Waals surface area contributed by atoms with Crippen molar-refractivity contribution >= 4 is 5.91 Å². The lowest BCUT2D eigenvalue weighted by Crippen LogP contribution is -2.43. The van der Waals surface area contributed by atoms with Gasteiger partial charge in [-0.1, -0.05) is 6.92 Å². The van der Waals surface area contributed by atoms with Crippen LogP contribution >= 0.6 is 0 Å². The highest BCUT2D eigenvalue weighted by molar-refractivity contribution is 5.76. The number of rotatable bonds is 7. The summed E-state index contributed by atoms with van der Waals surface area (Å²) in [6.45, 7) is 3.83. The maximum absolute atomic E-state index is 11.9. The molecule has 106 valence electrons. The molecule has 1 rings (SSSR count). The summed E-state index contributed by atoms with van der Waals surface area (Å²) in [6.07, 6.45) is 6.31. The molecular weight excluding hydrogens is 228 g/mol. The van der Waals surface area contributed by atoms with E-state index in [1.165, 1.54) is 19.3 Å². The molecule has 4 heteroatoms. The number of methoxy groups -OCH3 is 1. The van der Waals surface area contributed by atoms with Crippen molar-refractivity contribution in [1.29, 1.82) is 0 Å². The topological polar surface area (TPSA) is 41.6 Å². The second kappa shape index (κ2) is 8.48. The maximum atomic E-state index is 11.9. The van der Waals surface area contributed by atoms with Crippen LogP contribution in [0, 0.1) is 0 Å². The molecule has 1 fully saturated rings. The first kappa shape index (κ1) is 15.4. The number of ether oxygens (including phenoxy) is 1.